The molecule has 0 atom stereocenters. The first kappa shape index (κ1) is 16.0. The van der Waals surface area contributed by atoms with Crippen molar-refractivity contribution in [3.8, 4) is 5.75 Å². The van der Waals surface area contributed by atoms with E-state index < -0.39 is 11.7 Å². The van der Waals surface area contributed by atoms with Gasteiger partial charge in [-0.3, -0.25) is 0 Å². The molecule has 6 heteroatoms. The van der Waals surface area contributed by atoms with Gasteiger partial charge >= 0.3 is 6.18 Å². The minimum Gasteiger partial charge on any atom is -0.497 e. The summed E-state index contributed by atoms with van der Waals surface area (Å²) in [4.78, 5) is 0. The molecule has 0 saturated heterocycles. The molecule has 0 spiro atoms. The molecule has 0 aliphatic heterocycles. The average molecular weight is 293 g/mol. The van der Waals surface area contributed by atoms with Crippen molar-refractivity contribution in [3.05, 3.63) is 23.8 Å². The van der Waals surface area contributed by atoms with E-state index in [2.05, 4.69) is 12.2 Å². The smallest absolute Gasteiger partial charge is 0.418 e. The molecule has 0 radical (unpaired) electrons. The molecule has 1 N–H and O–H groups in total. The topological polar surface area (TPSA) is 21.3 Å². The standard InChI is InChI=1S/C13H18F3NOS/c1-3-19-8-4-7-17-12-6-5-10(18-2)9-11(12)13(14,15)16/h5-6,9,17H,3-4,7-8H2,1-2H3. The Morgan fingerprint density at radius 2 is 2.05 bits per heavy atom. The van der Waals surface area contributed by atoms with Crippen molar-refractivity contribution in [3.63, 3.8) is 0 Å². The molecule has 0 aliphatic rings. The minimum atomic E-state index is -4.38. The molecule has 0 fully saturated rings. The first-order valence-corrected chi connectivity index (χ1v) is 7.21. The van der Waals surface area contributed by atoms with Gasteiger partial charge in [0.2, 0.25) is 0 Å². The summed E-state index contributed by atoms with van der Waals surface area (Å²) in [5.74, 6) is 2.18. The number of thioether (sulfide) groups is 1. The zero-order valence-electron chi connectivity index (χ0n) is 11.0. The molecule has 108 valence electrons. The zero-order valence-corrected chi connectivity index (χ0v) is 11.8. The Balaban J connectivity index is 2.71. The van der Waals surface area contributed by atoms with Gasteiger partial charge in [-0.05, 0) is 36.1 Å². The highest BCUT2D eigenvalue weighted by molar-refractivity contribution is 7.99. The number of alkyl halides is 3. The van der Waals surface area contributed by atoms with Crippen LogP contribution in [0.4, 0.5) is 18.9 Å². The van der Waals surface area contributed by atoms with Crippen LogP contribution < -0.4 is 10.1 Å². The Bertz CT molecular complexity index is 396. The highest BCUT2D eigenvalue weighted by atomic mass is 32.2. The second kappa shape index (κ2) is 7.53. The number of nitrogens with one attached hydrogen (secondary N) is 1. The molecule has 0 bridgehead atoms. The summed E-state index contributed by atoms with van der Waals surface area (Å²) in [5, 5.41) is 2.84. The van der Waals surface area contributed by atoms with Crippen molar-refractivity contribution >= 4 is 17.4 Å². The third kappa shape index (κ3) is 5.22. The van der Waals surface area contributed by atoms with Crippen molar-refractivity contribution < 1.29 is 17.9 Å². The molecule has 1 aromatic rings. The molecule has 0 amide bonds. The minimum absolute atomic E-state index is 0.106. The normalized spacial score (nSPS) is 11.4. The van der Waals surface area contributed by atoms with Gasteiger partial charge in [-0.15, -0.1) is 0 Å². The van der Waals surface area contributed by atoms with Gasteiger partial charge in [0, 0.05) is 12.2 Å². The van der Waals surface area contributed by atoms with Crippen LogP contribution in [0, 0.1) is 0 Å². The van der Waals surface area contributed by atoms with Crippen LogP contribution >= 0.6 is 11.8 Å². The van der Waals surface area contributed by atoms with Gasteiger partial charge in [0.15, 0.2) is 0 Å². The fourth-order valence-corrected chi connectivity index (χ4v) is 2.22. The summed E-state index contributed by atoms with van der Waals surface area (Å²) in [5.41, 5.74) is -0.579. The Morgan fingerprint density at radius 3 is 2.63 bits per heavy atom. The van der Waals surface area contributed by atoms with E-state index in [4.69, 9.17) is 4.74 Å². The number of benzene rings is 1. The maximum Gasteiger partial charge on any atom is 0.418 e. The molecule has 2 nitrogen and oxygen atoms in total. The number of ether oxygens (including phenoxy) is 1. The molecule has 0 aliphatic carbocycles. The number of hydrogen-bond acceptors (Lipinski definition) is 3. The second-order valence-corrected chi connectivity index (χ2v) is 5.28. The lowest BCUT2D eigenvalue weighted by atomic mass is 10.1. The highest BCUT2D eigenvalue weighted by Crippen LogP contribution is 2.37. The average Bonchev–Trinajstić information content (AvgIpc) is 2.37. The lowest BCUT2D eigenvalue weighted by Crippen LogP contribution is -2.12. The van der Waals surface area contributed by atoms with Gasteiger partial charge in [0.1, 0.15) is 5.75 Å². The molecule has 19 heavy (non-hydrogen) atoms. The number of anilines is 1. The van der Waals surface area contributed by atoms with Crippen LogP contribution in [-0.2, 0) is 6.18 Å². The van der Waals surface area contributed by atoms with Gasteiger partial charge in [-0.2, -0.15) is 24.9 Å². The SMILES string of the molecule is CCSCCCNc1ccc(OC)cc1C(F)(F)F. The van der Waals surface area contributed by atoms with Crippen LogP contribution in [0.25, 0.3) is 0 Å². The van der Waals surface area contributed by atoms with E-state index in [1.54, 1.807) is 11.8 Å². The zero-order chi connectivity index (χ0) is 14.3. The van der Waals surface area contributed by atoms with Crippen LogP contribution in [0.5, 0.6) is 5.75 Å². The lowest BCUT2D eigenvalue weighted by molar-refractivity contribution is -0.137. The van der Waals surface area contributed by atoms with Crippen molar-refractivity contribution in [1.29, 1.82) is 0 Å². The first-order chi connectivity index (χ1) is 8.99. The lowest BCUT2D eigenvalue weighted by Gasteiger charge is -2.15. The van der Waals surface area contributed by atoms with Crippen LogP contribution in [0.1, 0.15) is 18.9 Å². The summed E-state index contributed by atoms with van der Waals surface area (Å²) >= 11 is 1.78. The van der Waals surface area contributed by atoms with Crippen LogP contribution in [-0.4, -0.2) is 25.2 Å². The highest BCUT2D eigenvalue weighted by Gasteiger charge is 2.33. The number of hydrogen-bond donors (Lipinski definition) is 1. The molecule has 0 aromatic heterocycles. The molecule has 0 heterocycles. The number of rotatable bonds is 7. The Hall–Kier alpha value is -1.04. The largest absolute Gasteiger partial charge is 0.497 e. The number of methoxy groups -OCH3 is 1. The van der Waals surface area contributed by atoms with Crippen LogP contribution in [0.2, 0.25) is 0 Å². The van der Waals surface area contributed by atoms with Crippen molar-refractivity contribution in [2.45, 2.75) is 19.5 Å². The fourth-order valence-electron chi connectivity index (χ4n) is 1.58. The molecular formula is C13H18F3NOS. The molecule has 1 aromatic carbocycles. The predicted molar refractivity (Wildman–Crippen MR) is 74.1 cm³/mol. The summed E-state index contributed by atoms with van der Waals surface area (Å²) < 4.78 is 43.5. The quantitative estimate of drug-likeness (QED) is 0.759. The van der Waals surface area contributed by atoms with E-state index in [1.807, 2.05) is 0 Å². The molecule has 1 rings (SSSR count). The summed E-state index contributed by atoms with van der Waals surface area (Å²) in [6.45, 7) is 2.59. The van der Waals surface area contributed by atoms with Gasteiger partial charge in [-0.25, -0.2) is 0 Å². The first-order valence-electron chi connectivity index (χ1n) is 6.06. The van der Waals surface area contributed by atoms with Gasteiger partial charge in [-0.1, -0.05) is 6.92 Å². The van der Waals surface area contributed by atoms with E-state index in [0.29, 0.717) is 6.54 Å². The molecule has 0 unspecified atom stereocenters. The summed E-state index contributed by atoms with van der Waals surface area (Å²) in [6.07, 6.45) is -3.54. The van der Waals surface area contributed by atoms with E-state index >= 15 is 0 Å². The number of halogens is 3. The summed E-state index contributed by atoms with van der Waals surface area (Å²) in [6, 6.07) is 3.95. The van der Waals surface area contributed by atoms with E-state index in [1.165, 1.54) is 19.2 Å². The Labute approximate surface area is 115 Å². The van der Waals surface area contributed by atoms with E-state index in [0.717, 1.165) is 24.0 Å². The predicted octanol–water partition coefficient (Wildman–Crippen LogP) is 4.27. The Morgan fingerprint density at radius 1 is 1.32 bits per heavy atom. The van der Waals surface area contributed by atoms with E-state index in [-0.39, 0.29) is 11.4 Å². The third-order valence-corrected chi connectivity index (χ3v) is 3.50. The van der Waals surface area contributed by atoms with Gasteiger partial charge < -0.3 is 10.1 Å². The van der Waals surface area contributed by atoms with Crippen molar-refractivity contribution in [2.75, 3.05) is 30.5 Å². The fraction of sp³-hybridized carbons (Fsp3) is 0.538. The maximum absolute atomic E-state index is 12.9. The third-order valence-electron chi connectivity index (χ3n) is 2.52. The molecule has 0 saturated carbocycles. The van der Waals surface area contributed by atoms with Gasteiger partial charge in [0.25, 0.3) is 0 Å². The monoisotopic (exact) mass is 293 g/mol. The van der Waals surface area contributed by atoms with Crippen LogP contribution in [0.3, 0.4) is 0 Å². The maximum atomic E-state index is 12.9. The van der Waals surface area contributed by atoms with Crippen LogP contribution in [0.15, 0.2) is 18.2 Å². The van der Waals surface area contributed by atoms with Crippen molar-refractivity contribution in [2.24, 2.45) is 0 Å². The second-order valence-electron chi connectivity index (χ2n) is 3.89. The Kier molecular flexibility index (Phi) is 6.34. The van der Waals surface area contributed by atoms with Crippen molar-refractivity contribution in [1.82, 2.24) is 0 Å². The van der Waals surface area contributed by atoms with E-state index in [9.17, 15) is 13.2 Å². The summed E-state index contributed by atoms with van der Waals surface area (Å²) in [7, 11) is 1.35. The van der Waals surface area contributed by atoms with Gasteiger partial charge in [0.05, 0.1) is 12.7 Å². The molecular weight excluding hydrogens is 275 g/mol.